The lowest BCUT2D eigenvalue weighted by Crippen LogP contribution is -2.46. The fraction of sp³-hybridized carbons (Fsp3) is 0.609. The first-order valence-electron chi connectivity index (χ1n) is 10.9. The predicted octanol–water partition coefficient (Wildman–Crippen LogP) is 5.80. The summed E-state index contributed by atoms with van der Waals surface area (Å²) in [4.78, 5) is 11.2. The van der Waals surface area contributed by atoms with Gasteiger partial charge in [-0.15, -0.1) is 0 Å². The summed E-state index contributed by atoms with van der Waals surface area (Å²) in [5.74, 6) is 2.83. The van der Waals surface area contributed by atoms with Crippen molar-refractivity contribution >= 4 is 22.0 Å². The molecule has 2 bridgehead atoms. The quantitative estimate of drug-likeness (QED) is 0.600. The molecule has 0 radical (unpaired) electrons. The van der Waals surface area contributed by atoms with E-state index >= 15 is 0 Å². The van der Waals surface area contributed by atoms with Gasteiger partial charge in [-0.2, -0.15) is 0 Å². The number of nitrogens with zero attached hydrogens (tertiary/aromatic N) is 2. The van der Waals surface area contributed by atoms with Crippen LogP contribution < -0.4 is 0 Å². The van der Waals surface area contributed by atoms with Crippen LogP contribution in [-0.2, 0) is 0 Å². The van der Waals surface area contributed by atoms with Gasteiger partial charge in [-0.3, -0.25) is 0 Å². The molecule has 0 saturated carbocycles. The summed E-state index contributed by atoms with van der Waals surface area (Å²) >= 11 is 0. The Morgan fingerprint density at radius 3 is 2.81 bits per heavy atom. The summed E-state index contributed by atoms with van der Waals surface area (Å²) in [6.07, 6.45) is 9.65. The molecule has 3 fully saturated rings. The molecular formula is C23H31N3O. The molecule has 2 unspecified atom stereocenters. The van der Waals surface area contributed by atoms with E-state index in [4.69, 9.17) is 9.40 Å². The van der Waals surface area contributed by atoms with Gasteiger partial charge in [0.25, 0.3) is 0 Å². The largest absolute Gasteiger partial charge is 0.440 e. The number of H-pyrrole nitrogens is 1. The van der Waals surface area contributed by atoms with Crippen LogP contribution in [0.15, 0.2) is 22.7 Å². The Labute approximate surface area is 161 Å². The van der Waals surface area contributed by atoms with Crippen LogP contribution in [-0.4, -0.2) is 34.5 Å². The van der Waals surface area contributed by atoms with E-state index in [0.717, 1.165) is 29.3 Å². The maximum absolute atomic E-state index is 6.26. The molecule has 0 aliphatic carbocycles. The maximum atomic E-state index is 6.26. The van der Waals surface area contributed by atoms with E-state index in [1.807, 2.05) is 0 Å². The van der Waals surface area contributed by atoms with Gasteiger partial charge in [0.1, 0.15) is 5.52 Å². The van der Waals surface area contributed by atoms with Gasteiger partial charge in [-0.05, 0) is 62.4 Å². The van der Waals surface area contributed by atoms with E-state index in [1.165, 1.54) is 68.2 Å². The van der Waals surface area contributed by atoms with Crippen molar-refractivity contribution in [2.24, 2.45) is 5.92 Å². The third-order valence-electron chi connectivity index (χ3n) is 7.05. The summed E-state index contributed by atoms with van der Waals surface area (Å²) in [7, 11) is 0. The van der Waals surface area contributed by atoms with Crippen LogP contribution in [0.2, 0.25) is 0 Å². The highest BCUT2D eigenvalue weighted by Gasteiger charge is 2.36. The summed E-state index contributed by atoms with van der Waals surface area (Å²) in [6.45, 7) is 8.26. The lowest BCUT2D eigenvalue weighted by Gasteiger charge is -2.44. The summed E-state index contributed by atoms with van der Waals surface area (Å²) in [5.41, 5.74) is 4.70. The molecule has 3 aliphatic rings. The number of piperidine rings is 3. The fourth-order valence-electron chi connectivity index (χ4n) is 5.39. The van der Waals surface area contributed by atoms with Crippen molar-refractivity contribution in [3.05, 3.63) is 29.8 Å². The first-order chi connectivity index (χ1) is 13.3. The Hall–Kier alpha value is -1.81. The number of benzene rings is 1. The molecule has 4 nitrogen and oxygen atoms in total. The Bertz CT molecular complexity index is 932. The molecule has 3 saturated heterocycles. The lowest BCUT2D eigenvalue weighted by molar-refractivity contribution is 0.0877. The second kappa shape index (κ2) is 6.97. The van der Waals surface area contributed by atoms with Crippen LogP contribution in [0.5, 0.6) is 0 Å². The van der Waals surface area contributed by atoms with Crippen molar-refractivity contribution in [2.75, 3.05) is 19.6 Å². The number of hydrogen-bond donors (Lipinski definition) is 1. The molecule has 2 aromatic heterocycles. The third-order valence-corrected chi connectivity index (χ3v) is 7.05. The van der Waals surface area contributed by atoms with Gasteiger partial charge in [0, 0.05) is 35.5 Å². The number of hydrogen-bond acceptors (Lipinski definition) is 3. The van der Waals surface area contributed by atoms with Gasteiger partial charge in [0.2, 0.25) is 0 Å². The van der Waals surface area contributed by atoms with Gasteiger partial charge in [-0.1, -0.05) is 26.7 Å². The van der Waals surface area contributed by atoms with E-state index in [-0.39, 0.29) is 0 Å². The van der Waals surface area contributed by atoms with Crippen molar-refractivity contribution in [2.45, 2.75) is 64.2 Å². The summed E-state index contributed by atoms with van der Waals surface area (Å²) < 4.78 is 6.26. The normalized spacial score (nSPS) is 26.2. The molecule has 1 aromatic carbocycles. The zero-order valence-electron chi connectivity index (χ0n) is 16.6. The molecule has 5 heterocycles. The number of rotatable bonds is 6. The van der Waals surface area contributed by atoms with Crippen LogP contribution in [0, 0.1) is 5.92 Å². The highest BCUT2D eigenvalue weighted by atomic mass is 16.3. The van der Waals surface area contributed by atoms with Gasteiger partial charge >= 0.3 is 0 Å². The van der Waals surface area contributed by atoms with E-state index in [2.05, 4.69) is 42.1 Å². The zero-order chi connectivity index (χ0) is 18.4. The zero-order valence-corrected chi connectivity index (χ0v) is 16.6. The highest BCUT2D eigenvalue weighted by Crippen LogP contribution is 2.43. The van der Waals surface area contributed by atoms with Crippen LogP contribution in [0.3, 0.4) is 0 Å². The minimum atomic E-state index is 0.437. The minimum absolute atomic E-state index is 0.437. The highest BCUT2D eigenvalue weighted by molar-refractivity contribution is 6.04. The molecule has 27 heavy (non-hydrogen) atoms. The van der Waals surface area contributed by atoms with Crippen LogP contribution >= 0.6 is 0 Å². The predicted molar refractivity (Wildman–Crippen MR) is 110 cm³/mol. The molecule has 144 valence electrons. The topological polar surface area (TPSA) is 45.1 Å². The van der Waals surface area contributed by atoms with Crippen molar-refractivity contribution in [3.63, 3.8) is 0 Å². The Kier molecular flexibility index (Phi) is 4.47. The van der Waals surface area contributed by atoms with Crippen LogP contribution in [0.1, 0.15) is 75.7 Å². The number of aromatic amines is 1. The van der Waals surface area contributed by atoms with Crippen LogP contribution in [0.4, 0.5) is 0 Å². The minimum Gasteiger partial charge on any atom is -0.440 e. The number of fused-ring (bicyclic) bond motifs is 6. The van der Waals surface area contributed by atoms with Crippen LogP contribution in [0.25, 0.3) is 22.0 Å². The molecule has 0 spiro atoms. The monoisotopic (exact) mass is 365 g/mol. The fourth-order valence-corrected chi connectivity index (χ4v) is 5.39. The maximum Gasteiger partial charge on any atom is 0.198 e. The molecule has 4 heteroatoms. The summed E-state index contributed by atoms with van der Waals surface area (Å²) in [6, 6.07) is 4.27. The average Bonchev–Trinajstić information content (AvgIpc) is 3.33. The van der Waals surface area contributed by atoms with E-state index < -0.39 is 0 Å². The molecule has 3 aliphatic heterocycles. The number of oxazole rings is 1. The Morgan fingerprint density at radius 2 is 2.11 bits per heavy atom. The second-order valence-electron chi connectivity index (χ2n) is 8.62. The van der Waals surface area contributed by atoms with Gasteiger partial charge in [0.05, 0.1) is 0 Å². The molecule has 1 N–H and O–H groups in total. The Morgan fingerprint density at radius 1 is 1.26 bits per heavy atom. The Balaban J connectivity index is 1.58. The van der Waals surface area contributed by atoms with Crippen molar-refractivity contribution in [3.8, 4) is 0 Å². The van der Waals surface area contributed by atoms with E-state index in [9.17, 15) is 0 Å². The second-order valence-corrected chi connectivity index (χ2v) is 8.62. The van der Waals surface area contributed by atoms with Crippen molar-refractivity contribution in [1.82, 2.24) is 14.9 Å². The molecule has 3 aromatic rings. The average molecular weight is 366 g/mol. The van der Waals surface area contributed by atoms with Gasteiger partial charge < -0.3 is 14.3 Å². The third kappa shape index (κ3) is 2.89. The number of unbranched alkanes of at least 4 members (excludes halogenated alkanes) is 1. The van der Waals surface area contributed by atoms with Crippen molar-refractivity contribution < 1.29 is 4.42 Å². The molecule has 2 atom stereocenters. The molecule has 6 rings (SSSR count). The van der Waals surface area contributed by atoms with E-state index in [1.54, 1.807) is 0 Å². The van der Waals surface area contributed by atoms with Gasteiger partial charge in [-0.25, -0.2) is 4.98 Å². The summed E-state index contributed by atoms with van der Waals surface area (Å²) in [5, 5.41) is 1.31. The first kappa shape index (κ1) is 17.3. The number of aromatic nitrogens is 2. The molecular weight excluding hydrogens is 334 g/mol. The number of nitrogens with one attached hydrogen (secondary N) is 1. The lowest BCUT2D eigenvalue weighted by atomic mass is 9.75. The first-order valence-corrected chi connectivity index (χ1v) is 10.9. The molecule has 0 amide bonds. The SMILES string of the molecule is CCCCC(CC)c1nc2c(ccc3[nH]cc(C4CN5CCC4CC5)c32)o1. The standard InChI is InChI=1S/C23H31N3O/c1-3-5-6-15(4-2)23-25-22-20(27-23)8-7-19-21(22)17(13-24-19)18-14-26-11-9-16(18)10-12-26/h7-8,13,15-16,18,24H,3-6,9-12,14H2,1-2H3. The van der Waals surface area contributed by atoms with Gasteiger partial charge in [0.15, 0.2) is 11.5 Å². The van der Waals surface area contributed by atoms with Crippen molar-refractivity contribution in [1.29, 1.82) is 0 Å². The van der Waals surface area contributed by atoms with E-state index in [0.29, 0.717) is 11.8 Å². The smallest absolute Gasteiger partial charge is 0.198 e.